The van der Waals surface area contributed by atoms with E-state index in [0.717, 1.165) is 20.6 Å². The van der Waals surface area contributed by atoms with Crippen LogP contribution in [0, 0.1) is 3.57 Å². The topological polar surface area (TPSA) is 37.8 Å². The molecule has 2 aromatic rings. The number of nitrogens with one attached hydrogen (secondary N) is 1. The van der Waals surface area contributed by atoms with E-state index in [2.05, 4.69) is 37.9 Å². The molecule has 0 fully saturated rings. The van der Waals surface area contributed by atoms with Crippen LogP contribution in [-0.4, -0.2) is 9.97 Å². The number of hydrogen-bond donors (Lipinski definition) is 1. The molecule has 0 aliphatic carbocycles. The van der Waals surface area contributed by atoms with Gasteiger partial charge in [0.2, 0.25) is 0 Å². The number of halogens is 2. The summed E-state index contributed by atoms with van der Waals surface area (Å²) in [6.45, 7) is 0. The Labute approximate surface area is 112 Å². The van der Waals surface area contributed by atoms with Crippen LogP contribution in [0.1, 0.15) is 5.56 Å². The lowest BCUT2D eigenvalue weighted by molar-refractivity contribution is 1.15. The number of rotatable bonds is 3. The van der Waals surface area contributed by atoms with Crippen molar-refractivity contribution in [3.05, 3.63) is 45.9 Å². The number of aromatic nitrogens is 2. The van der Waals surface area contributed by atoms with Crippen molar-refractivity contribution in [2.24, 2.45) is 0 Å². The largest absolute Gasteiger partial charge is 0.339 e. The smallest absolute Gasteiger partial charge is 0.147 e. The molecule has 3 nitrogen and oxygen atoms in total. The minimum Gasteiger partial charge on any atom is -0.339 e. The van der Waals surface area contributed by atoms with Gasteiger partial charge in [-0.2, -0.15) is 0 Å². The molecule has 82 valence electrons. The minimum atomic E-state index is 0.510. The molecule has 0 aliphatic rings. The summed E-state index contributed by atoms with van der Waals surface area (Å²) < 4.78 is 0.983. The summed E-state index contributed by atoms with van der Waals surface area (Å²) in [5.74, 6) is 1.32. The molecule has 1 aromatic heterocycles. The second kappa shape index (κ2) is 5.45. The zero-order valence-corrected chi connectivity index (χ0v) is 11.2. The van der Waals surface area contributed by atoms with E-state index in [4.69, 9.17) is 11.6 Å². The molecule has 0 unspecified atom stereocenters. The summed E-state index contributed by atoms with van der Waals surface area (Å²) in [5, 5.41) is 3.23. The fourth-order valence-electron chi connectivity index (χ4n) is 1.27. The first-order valence-electron chi connectivity index (χ1n) is 4.67. The summed E-state index contributed by atoms with van der Waals surface area (Å²) >= 11 is 7.97. The summed E-state index contributed by atoms with van der Waals surface area (Å²) in [5.41, 5.74) is 2.06. The highest BCUT2D eigenvalue weighted by atomic mass is 127. The van der Waals surface area contributed by atoms with Gasteiger partial charge >= 0.3 is 0 Å². The summed E-state index contributed by atoms with van der Waals surface area (Å²) in [7, 11) is 0. The third-order valence-corrected chi connectivity index (χ3v) is 3.11. The van der Waals surface area contributed by atoms with Crippen LogP contribution in [0.2, 0.25) is 0 Å². The molecule has 1 aromatic carbocycles. The van der Waals surface area contributed by atoms with Crippen molar-refractivity contribution >= 4 is 45.7 Å². The van der Waals surface area contributed by atoms with Crippen molar-refractivity contribution in [2.75, 3.05) is 5.32 Å². The van der Waals surface area contributed by atoms with Gasteiger partial charge in [0.25, 0.3) is 0 Å². The van der Waals surface area contributed by atoms with Crippen LogP contribution < -0.4 is 5.32 Å². The normalized spacial score (nSPS) is 10.1. The van der Waals surface area contributed by atoms with E-state index in [1.807, 2.05) is 24.3 Å². The van der Waals surface area contributed by atoms with E-state index in [0.29, 0.717) is 5.88 Å². The number of alkyl halides is 1. The summed E-state index contributed by atoms with van der Waals surface area (Å²) in [6, 6.07) is 7.94. The molecule has 1 heterocycles. The van der Waals surface area contributed by atoms with Gasteiger partial charge in [-0.15, -0.1) is 11.6 Å². The Bertz CT molecular complexity index is 490. The Balaban J connectivity index is 2.24. The highest BCUT2D eigenvalue weighted by molar-refractivity contribution is 14.1. The third kappa shape index (κ3) is 2.82. The van der Waals surface area contributed by atoms with Crippen molar-refractivity contribution in [3.8, 4) is 0 Å². The highest BCUT2D eigenvalue weighted by Gasteiger charge is 2.01. The van der Waals surface area contributed by atoms with E-state index in [-0.39, 0.29) is 0 Å². The van der Waals surface area contributed by atoms with Gasteiger partial charge in [-0.05, 0) is 40.3 Å². The van der Waals surface area contributed by atoms with E-state index < -0.39 is 0 Å². The van der Waals surface area contributed by atoms with Gasteiger partial charge < -0.3 is 5.32 Å². The molecule has 0 bridgehead atoms. The molecular formula is C11H9ClIN3. The Kier molecular flexibility index (Phi) is 3.95. The molecule has 16 heavy (non-hydrogen) atoms. The monoisotopic (exact) mass is 345 g/mol. The van der Waals surface area contributed by atoms with Crippen LogP contribution in [-0.2, 0) is 5.88 Å². The van der Waals surface area contributed by atoms with E-state index in [9.17, 15) is 0 Å². The number of anilines is 2. The van der Waals surface area contributed by atoms with Gasteiger partial charge in [0, 0.05) is 17.8 Å². The lowest BCUT2D eigenvalue weighted by Gasteiger charge is -2.07. The Morgan fingerprint density at radius 3 is 3.00 bits per heavy atom. The first-order valence-corrected chi connectivity index (χ1v) is 6.28. The van der Waals surface area contributed by atoms with Crippen molar-refractivity contribution in [3.63, 3.8) is 0 Å². The fraction of sp³-hybridized carbons (Fsp3) is 0.0909. The molecule has 1 N–H and O–H groups in total. The van der Waals surface area contributed by atoms with Crippen molar-refractivity contribution in [1.82, 2.24) is 9.97 Å². The number of nitrogens with zero attached hydrogens (tertiary/aromatic N) is 2. The molecule has 0 amide bonds. The Morgan fingerprint density at radius 2 is 2.25 bits per heavy atom. The van der Waals surface area contributed by atoms with Crippen molar-refractivity contribution in [1.29, 1.82) is 0 Å². The third-order valence-electron chi connectivity index (χ3n) is 2.01. The summed E-state index contributed by atoms with van der Waals surface area (Å²) in [6.07, 6.45) is 3.29. The van der Waals surface area contributed by atoms with Crippen LogP contribution in [0.3, 0.4) is 0 Å². The molecule has 2 rings (SSSR count). The molecule has 0 saturated carbocycles. The van der Waals surface area contributed by atoms with Crippen molar-refractivity contribution < 1.29 is 0 Å². The standard InChI is InChI=1S/C11H9ClIN3/c12-5-8-2-1-3-9(4-8)16-11-10(13)6-14-7-15-11/h1-4,6-7H,5H2,(H,14,15,16). The first-order chi connectivity index (χ1) is 7.79. The predicted molar refractivity (Wildman–Crippen MR) is 74.0 cm³/mol. The number of hydrogen-bond acceptors (Lipinski definition) is 3. The van der Waals surface area contributed by atoms with Gasteiger partial charge in [0.1, 0.15) is 12.1 Å². The van der Waals surface area contributed by atoms with E-state index in [1.165, 1.54) is 6.33 Å². The van der Waals surface area contributed by atoms with Crippen LogP contribution >= 0.6 is 34.2 Å². The molecule has 0 atom stereocenters. The lowest BCUT2D eigenvalue weighted by atomic mass is 10.2. The van der Waals surface area contributed by atoms with Gasteiger partial charge in [0.15, 0.2) is 0 Å². The zero-order valence-electron chi connectivity index (χ0n) is 8.32. The summed E-state index contributed by atoms with van der Waals surface area (Å²) in [4.78, 5) is 8.11. The fourth-order valence-corrected chi connectivity index (χ4v) is 1.87. The van der Waals surface area contributed by atoms with E-state index in [1.54, 1.807) is 6.20 Å². The predicted octanol–water partition coefficient (Wildman–Crippen LogP) is 3.56. The maximum atomic E-state index is 5.78. The Hall–Kier alpha value is -0.880. The van der Waals surface area contributed by atoms with Crippen LogP contribution in [0.5, 0.6) is 0 Å². The average Bonchev–Trinajstić information content (AvgIpc) is 2.32. The van der Waals surface area contributed by atoms with Gasteiger partial charge in [-0.1, -0.05) is 12.1 Å². The minimum absolute atomic E-state index is 0.510. The molecule has 0 saturated heterocycles. The molecule has 0 radical (unpaired) electrons. The van der Waals surface area contributed by atoms with Gasteiger partial charge in [0.05, 0.1) is 3.57 Å². The van der Waals surface area contributed by atoms with Gasteiger partial charge in [-0.25, -0.2) is 9.97 Å². The zero-order chi connectivity index (χ0) is 11.4. The molecule has 5 heteroatoms. The second-order valence-electron chi connectivity index (χ2n) is 3.18. The SMILES string of the molecule is ClCc1cccc(Nc2ncncc2I)c1. The quantitative estimate of drug-likeness (QED) is 0.683. The molecule has 0 spiro atoms. The van der Waals surface area contributed by atoms with Crippen LogP contribution in [0.25, 0.3) is 0 Å². The van der Waals surface area contributed by atoms with E-state index >= 15 is 0 Å². The maximum absolute atomic E-state index is 5.78. The highest BCUT2D eigenvalue weighted by Crippen LogP contribution is 2.20. The maximum Gasteiger partial charge on any atom is 0.147 e. The number of benzene rings is 1. The van der Waals surface area contributed by atoms with Crippen LogP contribution in [0.4, 0.5) is 11.5 Å². The molecule has 0 aliphatic heterocycles. The van der Waals surface area contributed by atoms with Crippen molar-refractivity contribution in [2.45, 2.75) is 5.88 Å². The van der Waals surface area contributed by atoms with Crippen LogP contribution in [0.15, 0.2) is 36.8 Å². The average molecular weight is 346 g/mol. The van der Waals surface area contributed by atoms with Gasteiger partial charge in [-0.3, -0.25) is 0 Å². The lowest BCUT2D eigenvalue weighted by Crippen LogP contribution is -1.97. The Morgan fingerprint density at radius 1 is 1.38 bits per heavy atom. The first kappa shape index (κ1) is 11.6. The molecular weight excluding hydrogens is 336 g/mol. The second-order valence-corrected chi connectivity index (χ2v) is 4.61.